The van der Waals surface area contributed by atoms with Crippen LogP contribution in [-0.4, -0.2) is 24.4 Å². The summed E-state index contributed by atoms with van der Waals surface area (Å²) < 4.78 is 5.49. The van der Waals surface area contributed by atoms with Gasteiger partial charge in [0.25, 0.3) is 0 Å². The van der Waals surface area contributed by atoms with Crippen molar-refractivity contribution in [3.63, 3.8) is 0 Å². The third-order valence-electron chi connectivity index (χ3n) is 4.30. The second-order valence-electron chi connectivity index (χ2n) is 5.55. The molecule has 0 spiro atoms. The Morgan fingerprint density at radius 3 is 3.06 bits per heavy atom. The van der Waals surface area contributed by atoms with E-state index in [4.69, 9.17) is 4.74 Å². The molecule has 18 heavy (non-hydrogen) atoms. The summed E-state index contributed by atoms with van der Waals surface area (Å²) in [6.07, 6.45) is 3.17. The van der Waals surface area contributed by atoms with Gasteiger partial charge in [0.15, 0.2) is 0 Å². The van der Waals surface area contributed by atoms with E-state index in [1.54, 1.807) is 6.07 Å². The maximum atomic E-state index is 9.86. The molecular formula is C15H21NO2. The highest BCUT2D eigenvalue weighted by Gasteiger charge is 2.29. The molecule has 1 fully saturated rings. The Hall–Kier alpha value is -1.06. The Morgan fingerprint density at radius 2 is 2.22 bits per heavy atom. The molecule has 1 aromatic rings. The van der Waals surface area contributed by atoms with Gasteiger partial charge < -0.3 is 15.2 Å². The zero-order chi connectivity index (χ0) is 12.5. The molecule has 3 heteroatoms. The standard InChI is InChI=1S/C15H21NO2/c1-10-9-18-8-7-13(10)16-14-6-5-12-11(14)3-2-4-15(12)17/h2-4,10,13-14,16-17H,5-9H2,1H3. The van der Waals surface area contributed by atoms with Crippen LogP contribution >= 0.6 is 0 Å². The predicted octanol–water partition coefficient (Wildman–Crippen LogP) is 2.39. The van der Waals surface area contributed by atoms with Crippen LogP contribution in [0.15, 0.2) is 18.2 Å². The van der Waals surface area contributed by atoms with Gasteiger partial charge in [-0.3, -0.25) is 0 Å². The molecular weight excluding hydrogens is 226 g/mol. The van der Waals surface area contributed by atoms with Crippen LogP contribution in [0.5, 0.6) is 5.75 Å². The molecule has 1 heterocycles. The largest absolute Gasteiger partial charge is 0.508 e. The Morgan fingerprint density at radius 1 is 1.33 bits per heavy atom. The van der Waals surface area contributed by atoms with Gasteiger partial charge >= 0.3 is 0 Å². The molecule has 3 unspecified atom stereocenters. The topological polar surface area (TPSA) is 41.5 Å². The highest BCUT2D eigenvalue weighted by atomic mass is 16.5. The van der Waals surface area contributed by atoms with E-state index in [1.165, 1.54) is 5.56 Å². The van der Waals surface area contributed by atoms with Gasteiger partial charge in [0.05, 0.1) is 6.61 Å². The molecule has 2 aliphatic rings. The molecule has 3 atom stereocenters. The van der Waals surface area contributed by atoms with Crippen molar-refractivity contribution in [3.05, 3.63) is 29.3 Å². The summed E-state index contributed by atoms with van der Waals surface area (Å²) in [5, 5.41) is 13.6. The summed E-state index contributed by atoms with van der Waals surface area (Å²) in [7, 11) is 0. The van der Waals surface area contributed by atoms with Gasteiger partial charge in [-0.2, -0.15) is 0 Å². The smallest absolute Gasteiger partial charge is 0.119 e. The number of hydrogen-bond donors (Lipinski definition) is 2. The highest BCUT2D eigenvalue weighted by molar-refractivity contribution is 5.44. The summed E-state index contributed by atoms with van der Waals surface area (Å²) in [4.78, 5) is 0. The monoisotopic (exact) mass is 247 g/mol. The van der Waals surface area contributed by atoms with E-state index in [0.29, 0.717) is 23.8 Å². The Balaban J connectivity index is 1.74. The van der Waals surface area contributed by atoms with Crippen molar-refractivity contribution in [2.75, 3.05) is 13.2 Å². The minimum Gasteiger partial charge on any atom is -0.508 e. The average Bonchev–Trinajstić information content (AvgIpc) is 2.77. The van der Waals surface area contributed by atoms with E-state index in [2.05, 4.69) is 18.3 Å². The van der Waals surface area contributed by atoms with Crippen LogP contribution in [0.2, 0.25) is 0 Å². The second kappa shape index (κ2) is 4.90. The van der Waals surface area contributed by atoms with Gasteiger partial charge in [0.1, 0.15) is 5.75 Å². The lowest BCUT2D eigenvalue weighted by Gasteiger charge is -2.32. The first kappa shape index (κ1) is 12.0. The third-order valence-corrected chi connectivity index (χ3v) is 4.30. The van der Waals surface area contributed by atoms with Crippen molar-refractivity contribution < 1.29 is 9.84 Å². The zero-order valence-electron chi connectivity index (χ0n) is 10.9. The number of hydrogen-bond acceptors (Lipinski definition) is 3. The maximum Gasteiger partial charge on any atom is 0.119 e. The van der Waals surface area contributed by atoms with Crippen LogP contribution < -0.4 is 5.32 Å². The summed E-state index contributed by atoms with van der Waals surface area (Å²) in [6, 6.07) is 6.82. The molecule has 0 radical (unpaired) electrons. The van der Waals surface area contributed by atoms with Crippen LogP contribution in [0.4, 0.5) is 0 Å². The summed E-state index contributed by atoms with van der Waals surface area (Å²) in [5.74, 6) is 1.02. The molecule has 0 amide bonds. The van der Waals surface area contributed by atoms with E-state index < -0.39 is 0 Å². The minimum atomic E-state index is 0.401. The SMILES string of the molecule is CC1COCCC1NC1CCc2c(O)cccc21. The number of ether oxygens (including phenoxy) is 1. The number of aromatic hydroxyl groups is 1. The molecule has 1 aromatic carbocycles. The number of phenols is 1. The first-order chi connectivity index (χ1) is 8.75. The Labute approximate surface area is 108 Å². The molecule has 2 N–H and O–H groups in total. The van der Waals surface area contributed by atoms with Crippen LogP contribution in [0.25, 0.3) is 0 Å². The Kier molecular flexibility index (Phi) is 3.27. The lowest BCUT2D eigenvalue weighted by Crippen LogP contribution is -2.42. The van der Waals surface area contributed by atoms with E-state index in [1.807, 2.05) is 6.07 Å². The van der Waals surface area contributed by atoms with Gasteiger partial charge in [-0.05, 0) is 42.4 Å². The number of benzene rings is 1. The van der Waals surface area contributed by atoms with Gasteiger partial charge in [0, 0.05) is 18.7 Å². The molecule has 0 saturated carbocycles. The lowest BCUT2D eigenvalue weighted by atomic mass is 9.96. The van der Waals surface area contributed by atoms with Crippen molar-refractivity contribution in [2.45, 2.75) is 38.3 Å². The molecule has 1 saturated heterocycles. The van der Waals surface area contributed by atoms with Gasteiger partial charge in [-0.25, -0.2) is 0 Å². The number of fused-ring (bicyclic) bond motifs is 1. The third kappa shape index (κ3) is 2.13. The normalized spacial score (nSPS) is 31.3. The first-order valence-corrected chi connectivity index (χ1v) is 6.90. The number of rotatable bonds is 2. The van der Waals surface area contributed by atoms with Crippen molar-refractivity contribution in [1.29, 1.82) is 0 Å². The average molecular weight is 247 g/mol. The van der Waals surface area contributed by atoms with E-state index in [9.17, 15) is 5.11 Å². The van der Waals surface area contributed by atoms with Gasteiger partial charge in [0.2, 0.25) is 0 Å². The molecule has 3 rings (SSSR count). The lowest BCUT2D eigenvalue weighted by molar-refractivity contribution is 0.0358. The van der Waals surface area contributed by atoms with Crippen molar-refractivity contribution in [1.82, 2.24) is 5.32 Å². The fourth-order valence-electron chi connectivity index (χ4n) is 3.19. The number of phenolic OH excluding ortho intramolecular Hbond substituents is 1. The van der Waals surface area contributed by atoms with Crippen molar-refractivity contribution in [2.24, 2.45) is 5.92 Å². The summed E-state index contributed by atoms with van der Waals surface area (Å²) >= 11 is 0. The molecule has 1 aliphatic carbocycles. The molecule has 0 bridgehead atoms. The fraction of sp³-hybridized carbons (Fsp3) is 0.600. The molecule has 1 aliphatic heterocycles. The van der Waals surface area contributed by atoms with Gasteiger partial charge in [-0.1, -0.05) is 19.1 Å². The van der Waals surface area contributed by atoms with E-state index >= 15 is 0 Å². The first-order valence-electron chi connectivity index (χ1n) is 6.90. The second-order valence-corrected chi connectivity index (χ2v) is 5.55. The fourth-order valence-corrected chi connectivity index (χ4v) is 3.19. The Bertz CT molecular complexity index is 433. The van der Waals surface area contributed by atoms with Crippen molar-refractivity contribution in [3.8, 4) is 5.75 Å². The van der Waals surface area contributed by atoms with Crippen LogP contribution in [-0.2, 0) is 11.2 Å². The van der Waals surface area contributed by atoms with E-state index in [-0.39, 0.29) is 0 Å². The maximum absolute atomic E-state index is 9.86. The summed E-state index contributed by atoms with van der Waals surface area (Å²) in [6.45, 7) is 3.97. The van der Waals surface area contributed by atoms with Crippen LogP contribution in [0.1, 0.15) is 36.9 Å². The van der Waals surface area contributed by atoms with Crippen LogP contribution in [0, 0.1) is 5.92 Å². The van der Waals surface area contributed by atoms with Crippen LogP contribution in [0.3, 0.4) is 0 Å². The molecule has 0 aromatic heterocycles. The quantitative estimate of drug-likeness (QED) is 0.843. The highest BCUT2D eigenvalue weighted by Crippen LogP contribution is 2.37. The predicted molar refractivity (Wildman–Crippen MR) is 70.7 cm³/mol. The molecule has 3 nitrogen and oxygen atoms in total. The van der Waals surface area contributed by atoms with Gasteiger partial charge in [-0.15, -0.1) is 0 Å². The summed E-state index contributed by atoms with van der Waals surface area (Å²) in [5.41, 5.74) is 2.42. The molecule has 98 valence electrons. The van der Waals surface area contributed by atoms with Crippen molar-refractivity contribution >= 4 is 0 Å². The number of nitrogens with one attached hydrogen (secondary N) is 1. The minimum absolute atomic E-state index is 0.401. The van der Waals surface area contributed by atoms with E-state index in [0.717, 1.165) is 38.0 Å². The zero-order valence-corrected chi connectivity index (χ0v) is 10.9.